The van der Waals surface area contributed by atoms with Crippen molar-refractivity contribution in [3.05, 3.63) is 0 Å². The van der Waals surface area contributed by atoms with Crippen LogP contribution < -0.4 is 11.1 Å². The lowest BCUT2D eigenvalue weighted by atomic mass is 9.94. The predicted octanol–water partition coefficient (Wildman–Crippen LogP) is 0.799. The maximum atomic E-state index is 5.78. The van der Waals surface area contributed by atoms with Crippen LogP contribution in [0.1, 0.15) is 32.1 Å². The molecule has 1 atom stereocenters. The molecule has 3 nitrogen and oxygen atoms in total. The number of nitrogens with two attached hydrogens (primary N) is 1. The molecule has 88 valence electrons. The number of hydrogen-bond donors (Lipinski definition) is 2. The molecule has 3 N–H and O–H groups in total. The van der Waals surface area contributed by atoms with Gasteiger partial charge in [-0.1, -0.05) is 0 Å². The minimum Gasteiger partial charge on any atom is -0.329 e. The number of rotatable bonds is 4. The first-order valence-electron chi connectivity index (χ1n) is 6.55. The van der Waals surface area contributed by atoms with E-state index >= 15 is 0 Å². The van der Waals surface area contributed by atoms with Gasteiger partial charge in [-0.2, -0.15) is 0 Å². The highest BCUT2D eigenvalue weighted by atomic mass is 15.2. The van der Waals surface area contributed by atoms with Crippen LogP contribution in [0, 0.1) is 5.92 Å². The standard InChI is InChI=1S/C12H25N3/c13-10-12-2-1-8-15(12)9-5-11-3-6-14-7-4-11/h11-12,14H,1-10,13H2. The van der Waals surface area contributed by atoms with Crippen LogP contribution in [0.25, 0.3) is 0 Å². The quantitative estimate of drug-likeness (QED) is 0.723. The van der Waals surface area contributed by atoms with Gasteiger partial charge in [-0.15, -0.1) is 0 Å². The monoisotopic (exact) mass is 211 g/mol. The van der Waals surface area contributed by atoms with Crippen molar-refractivity contribution < 1.29 is 0 Å². The summed E-state index contributed by atoms with van der Waals surface area (Å²) in [5, 5.41) is 3.43. The van der Waals surface area contributed by atoms with Crippen molar-refractivity contribution in [3.8, 4) is 0 Å². The average molecular weight is 211 g/mol. The van der Waals surface area contributed by atoms with Crippen molar-refractivity contribution in [2.75, 3.05) is 32.7 Å². The molecule has 2 aliphatic rings. The van der Waals surface area contributed by atoms with E-state index < -0.39 is 0 Å². The third-order valence-electron chi connectivity index (χ3n) is 4.05. The first-order valence-corrected chi connectivity index (χ1v) is 6.55. The van der Waals surface area contributed by atoms with Crippen molar-refractivity contribution in [2.24, 2.45) is 11.7 Å². The Balaban J connectivity index is 1.67. The van der Waals surface area contributed by atoms with Crippen LogP contribution >= 0.6 is 0 Å². The van der Waals surface area contributed by atoms with E-state index in [0.717, 1.165) is 12.5 Å². The molecule has 0 aromatic rings. The fraction of sp³-hybridized carbons (Fsp3) is 1.00. The van der Waals surface area contributed by atoms with Gasteiger partial charge in [0.1, 0.15) is 0 Å². The van der Waals surface area contributed by atoms with Crippen LogP contribution in [0.2, 0.25) is 0 Å². The van der Waals surface area contributed by atoms with Gasteiger partial charge in [-0.3, -0.25) is 4.90 Å². The summed E-state index contributed by atoms with van der Waals surface area (Å²) in [7, 11) is 0. The summed E-state index contributed by atoms with van der Waals surface area (Å²) in [4.78, 5) is 2.61. The first kappa shape index (κ1) is 11.4. The van der Waals surface area contributed by atoms with E-state index in [2.05, 4.69) is 10.2 Å². The Morgan fingerprint density at radius 3 is 2.73 bits per heavy atom. The molecular weight excluding hydrogens is 186 g/mol. The topological polar surface area (TPSA) is 41.3 Å². The van der Waals surface area contributed by atoms with E-state index in [1.807, 2.05) is 0 Å². The van der Waals surface area contributed by atoms with Gasteiger partial charge in [0.2, 0.25) is 0 Å². The Labute approximate surface area is 93.4 Å². The van der Waals surface area contributed by atoms with E-state index in [1.165, 1.54) is 58.3 Å². The Hall–Kier alpha value is -0.120. The second kappa shape index (κ2) is 5.83. The van der Waals surface area contributed by atoms with Gasteiger partial charge in [0.05, 0.1) is 0 Å². The average Bonchev–Trinajstić information content (AvgIpc) is 2.75. The van der Waals surface area contributed by atoms with E-state index in [1.54, 1.807) is 0 Å². The molecule has 2 aliphatic heterocycles. The second-order valence-electron chi connectivity index (χ2n) is 5.05. The van der Waals surface area contributed by atoms with Gasteiger partial charge in [0.25, 0.3) is 0 Å². The molecule has 0 spiro atoms. The maximum absolute atomic E-state index is 5.78. The summed E-state index contributed by atoms with van der Waals surface area (Å²) in [6, 6.07) is 0.687. The van der Waals surface area contributed by atoms with Gasteiger partial charge < -0.3 is 11.1 Å². The van der Waals surface area contributed by atoms with Crippen LogP contribution in [-0.2, 0) is 0 Å². The minimum absolute atomic E-state index is 0.687. The maximum Gasteiger partial charge on any atom is 0.0218 e. The Morgan fingerprint density at radius 1 is 1.20 bits per heavy atom. The Kier molecular flexibility index (Phi) is 4.42. The van der Waals surface area contributed by atoms with Gasteiger partial charge in [0.15, 0.2) is 0 Å². The van der Waals surface area contributed by atoms with Crippen molar-refractivity contribution in [1.29, 1.82) is 0 Å². The number of nitrogens with zero attached hydrogens (tertiary/aromatic N) is 1. The second-order valence-corrected chi connectivity index (χ2v) is 5.05. The van der Waals surface area contributed by atoms with E-state index in [0.29, 0.717) is 6.04 Å². The fourth-order valence-electron chi connectivity index (χ4n) is 2.98. The Bertz CT molecular complexity index is 178. The minimum atomic E-state index is 0.687. The zero-order chi connectivity index (χ0) is 10.5. The fourth-order valence-corrected chi connectivity index (χ4v) is 2.98. The molecule has 2 heterocycles. The molecule has 0 amide bonds. The number of nitrogens with one attached hydrogen (secondary N) is 1. The summed E-state index contributed by atoms with van der Waals surface area (Å²) in [5.74, 6) is 0.963. The smallest absolute Gasteiger partial charge is 0.0218 e. The molecule has 0 aliphatic carbocycles. The van der Waals surface area contributed by atoms with Crippen LogP contribution in [0.4, 0.5) is 0 Å². The van der Waals surface area contributed by atoms with Gasteiger partial charge in [-0.25, -0.2) is 0 Å². The molecule has 1 unspecified atom stereocenters. The molecule has 0 saturated carbocycles. The molecule has 2 fully saturated rings. The number of likely N-dealkylation sites (tertiary alicyclic amines) is 1. The van der Waals surface area contributed by atoms with Crippen molar-refractivity contribution in [3.63, 3.8) is 0 Å². The summed E-state index contributed by atoms with van der Waals surface area (Å²) in [6.07, 6.45) is 6.82. The normalized spacial score (nSPS) is 29.8. The van der Waals surface area contributed by atoms with Gasteiger partial charge in [-0.05, 0) is 64.2 Å². The molecule has 0 aromatic heterocycles. The highest BCUT2D eigenvalue weighted by Crippen LogP contribution is 2.21. The number of hydrogen-bond acceptors (Lipinski definition) is 3. The van der Waals surface area contributed by atoms with Crippen LogP contribution in [0.5, 0.6) is 0 Å². The summed E-state index contributed by atoms with van der Waals surface area (Å²) < 4.78 is 0. The molecule has 0 radical (unpaired) electrons. The van der Waals surface area contributed by atoms with Crippen LogP contribution in [0.15, 0.2) is 0 Å². The van der Waals surface area contributed by atoms with E-state index in [4.69, 9.17) is 5.73 Å². The van der Waals surface area contributed by atoms with Gasteiger partial charge in [0, 0.05) is 12.6 Å². The van der Waals surface area contributed by atoms with E-state index in [-0.39, 0.29) is 0 Å². The van der Waals surface area contributed by atoms with E-state index in [9.17, 15) is 0 Å². The third kappa shape index (κ3) is 3.16. The first-order chi connectivity index (χ1) is 7.40. The van der Waals surface area contributed by atoms with Crippen molar-refractivity contribution in [2.45, 2.75) is 38.1 Å². The van der Waals surface area contributed by atoms with Crippen LogP contribution in [0.3, 0.4) is 0 Å². The van der Waals surface area contributed by atoms with Gasteiger partial charge >= 0.3 is 0 Å². The molecule has 15 heavy (non-hydrogen) atoms. The predicted molar refractivity (Wildman–Crippen MR) is 63.9 cm³/mol. The Morgan fingerprint density at radius 2 is 2.00 bits per heavy atom. The molecule has 3 heteroatoms. The lowest BCUT2D eigenvalue weighted by Crippen LogP contribution is -2.37. The summed E-state index contributed by atoms with van der Waals surface area (Å²) in [5.41, 5.74) is 5.78. The lowest BCUT2D eigenvalue weighted by molar-refractivity contribution is 0.224. The number of piperidine rings is 1. The summed E-state index contributed by atoms with van der Waals surface area (Å²) in [6.45, 7) is 5.88. The zero-order valence-electron chi connectivity index (χ0n) is 9.75. The SMILES string of the molecule is NCC1CCCN1CCC1CCNCC1. The van der Waals surface area contributed by atoms with Crippen LogP contribution in [-0.4, -0.2) is 43.7 Å². The molecule has 2 rings (SSSR count). The van der Waals surface area contributed by atoms with Crippen molar-refractivity contribution >= 4 is 0 Å². The largest absolute Gasteiger partial charge is 0.329 e. The highest BCUT2D eigenvalue weighted by molar-refractivity contribution is 4.80. The molecular formula is C12H25N3. The summed E-state index contributed by atoms with van der Waals surface area (Å²) >= 11 is 0. The lowest BCUT2D eigenvalue weighted by Gasteiger charge is -2.27. The zero-order valence-corrected chi connectivity index (χ0v) is 9.75. The molecule has 0 aromatic carbocycles. The molecule has 2 saturated heterocycles. The highest BCUT2D eigenvalue weighted by Gasteiger charge is 2.23. The van der Waals surface area contributed by atoms with Crippen molar-refractivity contribution in [1.82, 2.24) is 10.2 Å². The molecule has 0 bridgehead atoms. The third-order valence-corrected chi connectivity index (χ3v) is 4.05.